The third-order valence-corrected chi connectivity index (χ3v) is 9.95. The Bertz CT molecular complexity index is 1090. The number of tetrazole rings is 1. The topological polar surface area (TPSA) is 101 Å². The first-order chi connectivity index (χ1) is 14.7. The van der Waals surface area contributed by atoms with Gasteiger partial charge in [-0.25, -0.2) is 8.42 Å². The molecular weight excluding hydrogens is 416 g/mol. The minimum Gasteiger partial charge on any atom is -0.337 e. The number of ketones is 1. The normalized spacial score (nSPS) is 28.4. The predicted octanol–water partition coefficient (Wildman–Crippen LogP) is 1.51. The number of piperazine rings is 1. The molecule has 0 amide bonds. The Labute approximate surface area is 182 Å². The molecule has 0 N–H and O–H groups in total. The van der Waals surface area contributed by atoms with Gasteiger partial charge in [0.1, 0.15) is 5.78 Å². The van der Waals surface area contributed by atoms with Crippen LogP contribution in [0.25, 0.3) is 5.69 Å². The first-order valence-corrected chi connectivity index (χ1v) is 12.5. The Kier molecular flexibility index (Phi) is 4.71. The molecule has 2 aromatic rings. The van der Waals surface area contributed by atoms with E-state index in [9.17, 15) is 13.2 Å². The molecular formula is C21H28N6O3S. The van der Waals surface area contributed by atoms with Crippen LogP contribution in [-0.2, 0) is 14.8 Å². The van der Waals surface area contributed by atoms with Crippen LogP contribution in [0.2, 0.25) is 0 Å². The first kappa shape index (κ1) is 20.6. The summed E-state index contributed by atoms with van der Waals surface area (Å²) in [6, 6.07) is 9.62. The lowest BCUT2D eigenvalue weighted by atomic mass is 9.70. The van der Waals surface area contributed by atoms with E-state index in [2.05, 4.69) is 29.4 Å². The molecule has 10 heteroatoms. The highest BCUT2D eigenvalue weighted by Crippen LogP contribution is 2.64. The van der Waals surface area contributed by atoms with Crippen LogP contribution < -0.4 is 4.90 Å². The number of nitrogens with zero attached hydrogens (tertiary/aromatic N) is 6. The van der Waals surface area contributed by atoms with E-state index in [0.29, 0.717) is 50.9 Å². The standard InChI is InChI=1S/C21H28N6O3S/c1-20(2)16-8-9-21(20,18(28)14-16)15-31(29,30)26-12-10-25(11-13-26)19-22-23-24-27(19)17-6-4-3-5-7-17/h3-7,16H,8-15H2,1-2H3. The average Bonchev–Trinajstić information content (AvgIpc) is 3.38. The van der Waals surface area contributed by atoms with Crippen molar-refractivity contribution in [1.82, 2.24) is 24.5 Å². The highest BCUT2D eigenvalue weighted by molar-refractivity contribution is 7.89. The van der Waals surface area contributed by atoms with Crippen molar-refractivity contribution in [1.29, 1.82) is 0 Å². The van der Waals surface area contributed by atoms with Crippen LogP contribution in [0, 0.1) is 16.7 Å². The number of carbonyl (C=O) groups excluding carboxylic acids is 1. The molecule has 1 aliphatic heterocycles. The van der Waals surface area contributed by atoms with Gasteiger partial charge in [-0.3, -0.25) is 4.79 Å². The minimum atomic E-state index is -3.54. The number of sulfonamides is 1. The zero-order valence-electron chi connectivity index (χ0n) is 17.9. The lowest BCUT2D eigenvalue weighted by Gasteiger charge is -2.39. The molecule has 2 aliphatic carbocycles. The fourth-order valence-electron chi connectivity index (χ4n) is 5.79. The van der Waals surface area contributed by atoms with E-state index < -0.39 is 15.4 Å². The maximum atomic E-state index is 13.3. The van der Waals surface area contributed by atoms with Crippen molar-refractivity contribution in [3.05, 3.63) is 30.3 Å². The van der Waals surface area contributed by atoms with Gasteiger partial charge < -0.3 is 4.90 Å². The molecule has 5 rings (SSSR count). The number of hydrogen-bond acceptors (Lipinski definition) is 7. The van der Waals surface area contributed by atoms with Crippen LogP contribution in [0.15, 0.2) is 30.3 Å². The molecule has 9 nitrogen and oxygen atoms in total. The summed E-state index contributed by atoms with van der Waals surface area (Å²) < 4.78 is 29.9. The quantitative estimate of drug-likeness (QED) is 0.689. The summed E-state index contributed by atoms with van der Waals surface area (Å²) in [5.74, 6) is 0.985. The molecule has 2 saturated carbocycles. The van der Waals surface area contributed by atoms with Gasteiger partial charge in [-0.1, -0.05) is 37.1 Å². The van der Waals surface area contributed by atoms with Crippen molar-refractivity contribution >= 4 is 21.8 Å². The van der Waals surface area contributed by atoms with E-state index in [0.717, 1.165) is 12.1 Å². The van der Waals surface area contributed by atoms with E-state index >= 15 is 0 Å². The summed E-state index contributed by atoms with van der Waals surface area (Å²) >= 11 is 0. The van der Waals surface area contributed by atoms with Gasteiger partial charge in [-0.15, -0.1) is 0 Å². The summed E-state index contributed by atoms with van der Waals surface area (Å²) in [7, 11) is -3.54. The fraction of sp³-hybridized carbons (Fsp3) is 0.619. The molecule has 0 radical (unpaired) electrons. The van der Waals surface area contributed by atoms with Crippen molar-refractivity contribution in [2.75, 3.05) is 36.8 Å². The predicted molar refractivity (Wildman–Crippen MR) is 115 cm³/mol. The highest BCUT2D eigenvalue weighted by Gasteiger charge is 2.65. The van der Waals surface area contributed by atoms with Gasteiger partial charge in [0.25, 0.3) is 0 Å². The van der Waals surface area contributed by atoms with E-state index in [1.54, 1.807) is 8.99 Å². The van der Waals surface area contributed by atoms with Gasteiger partial charge in [-0.2, -0.15) is 8.99 Å². The zero-order chi connectivity index (χ0) is 21.9. The first-order valence-electron chi connectivity index (χ1n) is 10.8. The molecule has 1 saturated heterocycles. The van der Waals surface area contributed by atoms with Gasteiger partial charge in [0.2, 0.25) is 16.0 Å². The monoisotopic (exact) mass is 444 g/mol. The summed E-state index contributed by atoms with van der Waals surface area (Å²) in [4.78, 5) is 14.8. The fourth-order valence-corrected chi connectivity index (χ4v) is 8.00. The smallest absolute Gasteiger partial charge is 0.250 e. The van der Waals surface area contributed by atoms with E-state index in [1.807, 2.05) is 35.2 Å². The third kappa shape index (κ3) is 3.10. The van der Waals surface area contributed by atoms with Crippen LogP contribution in [-0.4, -0.2) is 70.6 Å². The average molecular weight is 445 g/mol. The summed E-state index contributed by atoms with van der Waals surface area (Å²) in [5, 5.41) is 12.1. The molecule has 1 aromatic carbocycles. The van der Waals surface area contributed by atoms with Crippen LogP contribution >= 0.6 is 0 Å². The molecule has 31 heavy (non-hydrogen) atoms. The number of hydrogen-bond donors (Lipinski definition) is 0. The van der Waals surface area contributed by atoms with E-state index in [4.69, 9.17) is 0 Å². The lowest BCUT2D eigenvalue weighted by Crippen LogP contribution is -2.53. The van der Waals surface area contributed by atoms with Gasteiger partial charge in [0.05, 0.1) is 11.4 Å². The Morgan fingerprint density at radius 2 is 1.81 bits per heavy atom. The van der Waals surface area contributed by atoms with Crippen molar-refractivity contribution in [3.8, 4) is 5.69 Å². The maximum absolute atomic E-state index is 13.3. The molecule has 2 atom stereocenters. The van der Waals surface area contributed by atoms with E-state index in [-0.39, 0.29) is 17.0 Å². The number of aromatic nitrogens is 4. The molecule has 2 heterocycles. The summed E-state index contributed by atoms with van der Waals surface area (Å²) in [6.07, 6.45) is 2.16. The second kappa shape index (κ2) is 7.09. The van der Waals surface area contributed by atoms with Crippen molar-refractivity contribution in [2.24, 2.45) is 16.7 Å². The molecule has 1 aromatic heterocycles. The third-order valence-electron chi connectivity index (χ3n) is 7.94. The number of anilines is 1. The highest BCUT2D eigenvalue weighted by atomic mass is 32.2. The molecule has 166 valence electrons. The molecule has 3 fully saturated rings. The van der Waals surface area contributed by atoms with Gasteiger partial charge in [-0.05, 0) is 46.7 Å². The molecule has 2 bridgehead atoms. The van der Waals surface area contributed by atoms with Crippen molar-refractivity contribution < 1.29 is 13.2 Å². The summed E-state index contributed by atoms with van der Waals surface area (Å²) in [5.41, 5.74) is -0.128. The second-order valence-corrected chi connectivity index (χ2v) is 11.5. The molecule has 3 aliphatic rings. The number of para-hydroxylation sites is 1. The number of rotatable bonds is 5. The van der Waals surface area contributed by atoms with Crippen LogP contribution in [0.4, 0.5) is 5.95 Å². The number of Topliss-reactive ketones (excluding diaryl/α,β-unsaturated/α-hetero) is 1. The van der Waals surface area contributed by atoms with Crippen LogP contribution in [0.1, 0.15) is 33.1 Å². The SMILES string of the molecule is CC1(C)C2CCC1(CS(=O)(=O)N1CCN(c3nnnn3-c3ccccc3)CC1)C(=O)C2. The van der Waals surface area contributed by atoms with Crippen LogP contribution in [0.3, 0.4) is 0 Å². The van der Waals surface area contributed by atoms with E-state index in [1.165, 1.54) is 0 Å². The second-order valence-electron chi connectivity index (χ2n) is 9.54. The Balaban J connectivity index is 1.30. The number of carbonyl (C=O) groups is 1. The minimum absolute atomic E-state index is 0.0654. The van der Waals surface area contributed by atoms with Crippen LogP contribution in [0.5, 0.6) is 0 Å². The largest absolute Gasteiger partial charge is 0.337 e. The Morgan fingerprint density at radius 3 is 2.42 bits per heavy atom. The number of benzene rings is 1. The lowest BCUT2D eigenvalue weighted by molar-refractivity contribution is -0.128. The van der Waals surface area contributed by atoms with Gasteiger partial charge in [0.15, 0.2) is 0 Å². The summed E-state index contributed by atoms with van der Waals surface area (Å²) in [6.45, 7) is 5.87. The van der Waals surface area contributed by atoms with Crippen molar-refractivity contribution in [2.45, 2.75) is 33.1 Å². The zero-order valence-corrected chi connectivity index (χ0v) is 18.8. The van der Waals surface area contributed by atoms with Gasteiger partial charge >= 0.3 is 0 Å². The maximum Gasteiger partial charge on any atom is 0.250 e. The van der Waals surface area contributed by atoms with Crippen molar-refractivity contribution in [3.63, 3.8) is 0 Å². The Morgan fingerprint density at radius 1 is 1.10 bits per heavy atom. The molecule has 2 unspecified atom stereocenters. The molecule has 0 spiro atoms. The Hall–Kier alpha value is -2.33. The number of fused-ring (bicyclic) bond motifs is 2. The van der Waals surface area contributed by atoms with Gasteiger partial charge in [0, 0.05) is 38.0 Å².